The Hall–Kier alpha value is -1.67. The van der Waals surface area contributed by atoms with E-state index in [0.29, 0.717) is 13.1 Å². The normalized spacial score (nSPS) is 11.5. The Morgan fingerprint density at radius 3 is 2.50 bits per heavy atom. The molecule has 1 heterocycles. The standard InChI is InChI=1S/C10H15N3O4S/c1-3-13(4-2)18(16,17)12-9-5-8(10(14)15)6-11-7-9/h5-7,12H,3-4H2,1-2H3,(H,14,15). The molecule has 0 unspecified atom stereocenters. The second-order valence-corrected chi connectivity index (χ2v) is 5.13. The van der Waals surface area contributed by atoms with E-state index in [2.05, 4.69) is 9.71 Å². The number of anilines is 1. The summed E-state index contributed by atoms with van der Waals surface area (Å²) in [6.45, 7) is 4.10. The zero-order valence-corrected chi connectivity index (χ0v) is 10.9. The van der Waals surface area contributed by atoms with Gasteiger partial charge in [-0.3, -0.25) is 9.71 Å². The molecule has 0 aliphatic heterocycles. The van der Waals surface area contributed by atoms with Crippen LogP contribution in [0.5, 0.6) is 0 Å². The van der Waals surface area contributed by atoms with Crippen molar-refractivity contribution in [1.29, 1.82) is 0 Å². The highest BCUT2D eigenvalue weighted by molar-refractivity contribution is 7.90. The van der Waals surface area contributed by atoms with Crippen molar-refractivity contribution in [2.75, 3.05) is 17.8 Å². The molecule has 7 nitrogen and oxygen atoms in total. The number of hydrogen-bond acceptors (Lipinski definition) is 4. The predicted octanol–water partition coefficient (Wildman–Crippen LogP) is 0.778. The van der Waals surface area contributed by atoms with Crippen LogP contribution < -0.4 is 4.72 Å². The maximum Gasteiger partial charge on any atom is 0.337 e. The zero-order valence-electron chi connectivity index (χ0n) is 10.1. The highest BCUT2D eigenvalue weighted by atomic mass is 32.2. The van der Waals surface area contributed by atoms with Crippen LogP contribution in [0.1, 0.15) is 24.2 Å². The van der Waals surface area contributed by atoms with Crippen molar-refractivity contribution in [3.63, 3.8) is 0 Å². The second-order valence-electron chi connectivity index (χ2n) is 3.46. The SMILES string of the molecule is CCN(CC)S(=O)(=O)Nc1cncc(C(=O)O)c1. The summed E-state index contributed by atoms with van der Waals surface area (Å²) in [5, 5.41) is 8.78. The first-order valence-corrected chi connectivity index (χ1v) is 6.81. The van der Waals surface area contributed by atoms with Crippen LogP contribution >= 0.6 is 0 Å². The van der Waals surface area contributed by atoms with Gasteiger partial charge >= 0.3 is 16.2 Å². The highest BCUT2D eigenvalue weighted by Crippen LogP contribution is 2.12. The van der Waals surface area contributed by atoms with Crippen LogP contribution in [0.4, 0.5) is 5.69 Å². The fourth-order valence-corrected chi connectivity index (χ4v) is 2.61. The van der Waals surface area contributed by atoms with E-state index < -0.39 is 16.2 Å². The molecule has 0 saturated carbocycles. The summed E-state index contributed by atoms with van der Waals surface area (Å²) in [6.07, 6.45) is 2.41. The van der Waals surface area contributed by atoms with Gasteiger partial charge in [-0.2, -0.15) is 12.7 Å². The van der Waals surface area contributed by atoms with Crippen LogP contribution in [0, 0.1) is 0 Å². The quantitative estimate of drug-likeness (QED) is 0.797. The number of nitrogens with one attached hydrogen (secondary N) is 1. The molecule has 0 aromatic carbocycles. The fraction of sp³-hybridized carbons (Fsp3) is 0.400. The molecule has 1 aromatic heterocycles. The summed E-state index contributed by atoms with van der Waals surface area (Å²) in [7, 11) is -3.67. The Kier molecular flexibility index (Phi) is 4.62. The minimum Gasteiger partial charge on any atom is -0.478 e. The van der Waals surface area contributed by atoms with Gasteiger partial charge in [0.1, 0.15) is 0 Å². The van der Waals surface area contributed by atoms with E-state index in [1.54, 1.807) is 13.8 Å². The van der Waals surface area contributed by atoms with E-state index >= 15 is 0 Å². The van der Waals surface area contributed by atoms with E-state index in [4.69, 9.17) is 5.11 Å². The molecule has 0 amide bonds. The smallest absolute Gasteiger partial charge is 0.337 e. The summed E-state index contributed by atoms with van der Waals surface area (Å²) in [5.74, 6) is -1.16. The van der Waals surface area contributed by atoms with Crippen LogP contribution in [0.15, 0.2) is 18.5 Å². The van der Waals surface area contributed by atoms with Gasteiger partial charge in [0.2, 0.25) is 0 Å². The largest absolute Gasteiger partial charge is 0.478 e. The molecular formula is C10H15N3O4S. The molecule has 0 aliphatic carbocycles. The Labute approximate surface area is 106 Å². The van der Waals surface area contributed by atoms with Gasteiger partial charge in [-0.1, -0.05) is 13.8 Å². The Bertz CT molecular complexity index is 526. The third-order valence-corrected chi connectivity index (χ3v) is 3.97. The van der Waals surface area contributed by atoms with Gasteiger partial charge in [-0.15, -0.1) is 0 Å². The summed E-state index contributed by atoms with van der Waals surface area (Å²) in [6, 6.07) is 1.22. The molecule has 0 aliphatic rings. The molecule has 0 fully saturated rings. The monoisotopic (exact) mass is 273 g/mol. The fourth-order valence-electron chi connectivity index (χ4n) is 1.39. The number of pyridine rings is 1. The third-order valence-electron chi connectivity index (χ3n) is 2.28. The minimum atomic E-state index is -3.67. The maximum absolute atomic E-state index is 11.9. The van der Waals surface area contributed by atoms with Gasteiger partial charge in [-0.25, -0.2) is 4.79 Å². The van der Waals surface area contributed by atoms with Crippen molar-refractivity contribution >= 4 is 21.9 Å². The van der Waals surface area contributed by atoms with Crippen LogP contribution in [0.25, 0.3) is 0 Å². The first-order chi connectivity index (χ1) is 8.40. The average molecular weight is 273 g/mol. The van der Waals surface area contributed by atoms with Gasteiger partial charge in [0.05, 0.1) is 17.4 Å². The lowest BCUT2D eigenvalue weighted by atomic mass is 10.3. The van der Waals surface area contributed by atoms with Crippen LogP contribution in [0.2, 0.25) is 0 Å². The predicted molar refractivity (Wildman–Crippen MR) is 66.7 cm³/mol. The highest BCUT2D eigenvalue weighted by Gasteiger charge is 2.18. The number of hydrogen-bond donors (Lipinski definition) is 2. The molecule has 0 saturated heterocycles. The van der Waals surface area contributed by atoms with Gasteiger partial charge < -0.3 is 5.11 Å². The number of aromatic carboxylic acids is 1. The van der Waals surface area contributed by atoms with Crippen molar-refractivity contribution in [3.05, 3.63) is 24.0 Å². The maximum atomic E-state index is 11.9. The van der Waals surface area contributed by atoms with Crippen LogP contribution in [-0.2, 0) is 10.2 Å². The van der Waals surface area contributed by atoms with Gasteiger partial charge in [0.25, 0.3) is 0 Å². The second kappa shape index (κ2) is 5.78. The van der Waals surface area contributed by atoms with Gasteiger partial charge in [0, 0.05) is 19.3 Å². The van der Waals surface area contributed by atoms with Crippen molar-refractivity contribution in [2.24, 2.45) is 0 Å². The Balaban J connectivity index is 2.97. The summed E-state index contributed by atoms with van der Waals surface area (Å²) >= 11 is 0. The summed E-state index contributed by atoms with van der Waals surface area (Å²) < 4.78 is 27.3. The number of carboxylic acid groups (broad SMARTS) is 1. The number of nitrogens with zero attached hydrogens (tertiary/aromatic N) is 2. The lowest BCUT2D eigenvalue weighted by Gasteiger charge is -2.19. The summed E-state index contributed by atoms with van der Waals surface area (Å²) in [4.78, 5) is 14.4. The van der Waals surface area contributed by atoms with Crippen LogP contribution in [-0.4, -0.2) is 41.9 Å². The molecule has 1 aromatic rings. The molecular weight excluding hydrogens is 258 g/mol. The average Bonchev–Trinajstić information content (AvgIpc) is 2.29. The van der Waals surface area contributed by atoms with Crippen molar-refractivity contribution in [3.8, 4) is 0 Å². The van der Waals surface area contributed by atoms with E-state index in [-0.39, 0.29) is 11.3 Å². The van der Waals surface area contributed by atoms with Gasteiger partial charge in [-0.05, 0) is 6.07 Å². The van der Waals surface area contributed by atoms with E-state index in [1.807, 2.05) is 0 Å². The van der Waals surface area contributed by atoms with Crippen molar-refractivity contribution in [1.82, 2.24) is 9.29 Å². The molecule has 0 radical (unpaired) electrons. The van der Waals surface area contributed by atoms with Crippen molar-refractivity contribution in [2.45, 2.75) is 13.8 Å². The Morgan fingerprint density at radius 1 is 1.39 bits per heavy atom. The molecule has 8 heteroatoms. The van der Waals surface area contributed by atoms with Crippen molar-refractivity contribution < 1.29 is 18.3 Å². The van der Waals surface area contributed by atoms with E-state index in [9.17, 15) is 13.2 Å². The molecule has 100 valence electrons. The number of carbonyl (C=O) groups is 1. The first kappa shape index (κ1) is 14.4. The van der Waals surface area contributed by atoms with E-state index in [1.165, 1.54) is 16.6 Å². The molecule has 18 heavy (non-hydrogen) atoms. The molecule has 2 N–H and O–H groups in total. The summed E-state index contributed by atoms with van der Waals surface area (Å²) in [5.41, 5.74) is 0.0524. The first-order valence-electron chi connectivity index (χ1n) is 5.37. The lowest BCUT2D eigenvalue weighted by molar-refractivity contribution is 0.0696. The molecule has 0 atom stereocenters. The third kappa shape index (κ3) is 3.41. The Morgan fingerprint density at radius 2 is 2.00 bits per heavy atom. The van der Waals surface area contributed by atoms with Gasteiger partial charge in [0.15, 0.2) is 0 Å². The molecule has 1 rings (SSSR count). The topological polar surface area (TPSA) is 99.6 Å². The lowest BCUT2D eigenvalue weighted by Crippen LogP contribution is -2.35. The molecule has 0 spiro atoms. The number of aromatic nitrogens is 1. The van der Waals surface area contributed by atoms with Crippen LogP contribution in [0.3, 0.4) is 0 Å². The zero-order chi connectivity index (χ0) is 13.8. The number of carboxylic acids is 1. The van der Waals surface area contributed by atoms with E-state index in [0.717, 1.165) is 6.20 Å². The molecule has 0 bridgehead atoms. The minimum absolute atomic E-state index is 0.0743. The number of rotatable bonds is 6.